The second kappa shape index (κ2) is 5.75. The van der Waals surface area contributed by atoms with Gasteiger partial charge in [0.1, 0.15) is 12.1 Å². The lowest BCUT2D eigenvalue weighted by atomic mass is 9.86. The number of benzene rings is 1. The van der Waals surface area contributed by atoms with Crippen LogP contribution in [-0.2, 0) is 0 Å². The third-order valence-electron chi connectivity index (χ3n) is 4.36. The Morgan fingerprint density at radius 2 is 2.09 bits per heavy atom. The summed E-state index contributed by atoms with van der Waals surface area (Å²) in [7, 11) is 0. The van der Waals surface area contributed by atoms with E-state index in [4.69, 9.17) is 4.74 Å². The van der Waals surface area contributed by atoms with Crippen LogP contribution in [-0.4, -0.2) is 35.5 Å². The Morgan fingerprint density at radius 3 is 2.91 bits per heavy atom. The average Bonchev–Trinajstić information content (AvgIpc) is 3.09. The van der Waals surface area contributed by atoms with Gasteiger partial charge in [-0.25, -0.2) is 9.97 Å². The monoisotopic (exact) mass is 294 g/mol. The smallest absolute Gasteiger partial charge is 0.122 e. The largest absolute Gasteiger partial charge is 0.493 e. The molecule has 0 aliphatic carbocycles. The van der Waals surface area contributed by atoms with Crippen molar-refractivity contribution >= 4 is 6.34 Å². The van der Waals surface area contributed by atoms with Gasteiger partial charge in [-0.3, -0.25) is 4.99 Å². The molecule has 5 nitrogen and oxygen atoms in total. The standard InChI is InChI=1S/C17H18N4O/c1-2-17-16(6-12(1)14-7-18-10-19-8-14)13(3-4-22-17)5-15-9-20-11-21-15/h1-2,6-8,10-11,13,15H,3-5,9H2,(H,20,21). The number of rotatable bonds is 3. The summed E-state index contributed by atoms with van der Waals surface area (Å²) in [6.45, 7) is 1.66. The van der Waals surface area contributed by atoms with E-state index in [0.717, 1.165) is 42.9 Å². The predicted octanol–water partition coefficient (Wildman–Crippen LogP) is 2.40. The van der Waals surface area contributed by atoms with Crippen LogP contribution >= 0.6 is 0 Å². The van der Waals surface area contributed by atoms with E-state index in [1.165, 1.54) is 5.56 Å². The lowest BCUT2D eigenvalue weighted by Gasteiger charge is -2.28. The molecule has 0 saturated carbocycles. The highest BCUT2D eigenvalue weighted by Gasteiger charge is 2.25. The quantitative estimate of drug-likeness (QED) is 0.944. The summed E-state index contributed by atoms with van der Waals surface area (Å²) in [4.78, 5) is 12.5. The minimum atomic E-state index is 0.444. The van der Waals surface area contributed by atoms with Gasteiger partial charge in [-0.05, 0) is 42.0 Å². The van der Waals surface area contributed by atoms with Crippen LogP contribution < -0.4 is 10.1 Å². The molecule has 1 aromatic carbocycles. The third-order valence-corrected chi connectivity index (χ3v) is 4.36. The minimum Gasteiger partial charge on any atom is -0.493 e. The fraction of sp³-hybridized carbons (Fsp3) is 0.353. The first kappa shape index (κ1) is 13.2. The van der Waals surface area contributed by atoms with Crippen LogP contribution in [0.25, 0.3) is 11.1 Å². The number of hydrogen-bond acceptors (Lipinski definition) is 5. The van der Waals surface area contributed by atoms with Gasteiger partial charge in [-0.2, -0.15) is 0 Å². The van der Waals surface area contributed by atoms with E-state index < -0.39 is 0 Å². The lowest BCUT2D eigenvalue weighted by Crippen LogP contribution is -2.28. The molecule has 1 aromatic heterocycles. The van der Waals surface area contributed by atoms with Crippen molar-refractivity contribution in [2.24, 2.45) is 4.99 Å². The molecule has 0 bridgehead atoms. The van der Waals surface area contributed by atoms with Gasteiger partial charge in [0, 0.05) is 24.0 Å². The molecule has 1 N–H and O–H groups in total. The Morgan fingerprint density at radius 1 is 1.18 bits per heavy atom. The van der Waals surface area contributed by atoms with Crippen molar-refractivity contribution in [3.63, 3.8) is 0 Å². The molecule has 2 unspecified atom stereocenters. The van der Waals surface area contributed by atoms with E-state index in [-0.39, 0.29) is 0 Å². The second-order valence-corrected chi connectivity index (χ2v) is 5.81. The Balaban J connectivity index is 1.64. The zero-order valence-corrected chi connectivity index (χ0v) is 12.3. The SMILES string of the molecule is C1=NCC(CC2CCOc3ccc(-c4cncnc4)cc32)N1. The molecule has 2 atom stereocenters. The predicted molar refractivity (Wildman–Crippen MR) is 85.2 cm³/mol. The maximum atomic E-state index is 5.83. The number of hydrogen-bond donors (Lipinski definition) is 1. The Bertz CT molecular complexity index is 678. The fourth-order valence-electron chi connectivity index (χ4n) is 3.21. The van der Waals surface area contributed by atoms with Gasteiger partial charge in [-0.15, -0.1) is 0 Å². The summed E-state index contributed by atoms with van der Waals surface area (Å²) in [5, 5.41) is 3.33. The maximum absolute atomic E-state index is 5.83. The molecule has 2 aromatic rings. The number of aromatic nitrogens is 2. The van der Waals surface area contributed by atoms with Gasteiger partial charge < -0.3 is 10.1 Å². The summed E-state index contributed by atoms with van der Waals surface area (Å²) in [6.07, 6.45) is 9.22. The maximum Gasteiger partial charge on any atom is 0.122 e. The molecule has 0 radical (unpaired) electrons. The fourth-order valence-corrected chi connectivity index (χ4v) is 3.21. The molecule has 2 aliphatic rings. The van der Waals surface area contributed by atoms with Crippen molar-refractivity contribution in [3.05, 3.63) is 42.5 Å². The minimum absolute atomic E-state index is 0.444. The average molecular weight is 294 g/mol. The lowest BCUT2D eigenvalue weighted by molar-refractivity contribution is 0.258. The molecular formula is C17H18N4O. The van der Waals surface area contributed by atoms with Crippen LogP contribution in [0.15, 0.2) is 41.9 Å². The van der Waals surface area contributed by atoms with Crippen LogP contribution in [0, 0.1) is 0 Å². The summed E-state index contributed by atoms with van der Waals surface area (Å²) in [5.74, 6) is 1.52. The van der Waals surface area contributed by atoms with Crippen molar-refractivity contribution < 1.29 is 4.74 Å². The molecule has 0 amide bonds. The van der Waals surface area contributed by atoms with E-state index >= 15 is 0 Å². The number of fused-ring (bicyclic) bond motifs is 1. The van der Waals surface area contributed by atoms with Crippen molar-refractivity contribution in [2.75, 3.05) is 13.2 Å². The van der Waals surface area contributed by atoms with E-state index in [0.29, 0.717) is 12.0 Å². The summed E-state index contributed by atoms with van der Waals surface area (Å²) in [6, 6.07) is 6.83. The summed E-state index contributed by atoms with van der Waals surface area (Å²) >= 11 is 0. The highest BCUT2D eigenvalue weighted by atomic mass is 16.5. The van der Waals surface area contributed by atoms with Gasteiger partial charge in [0.15, 0.2) is 0 Å². The van der Waals surface area contributed by atoms with E-state index in [1.807, 2.05) is 18.7 Å². The zero-order valence-electron chi connectivity index (χ0n) is 12.3. The van der Waals surface area contributed by atoms with Crippen LogP contribution in [0.1, 0.15) is 24.3 Å². The number of ether oxygens (including phenoxy) is 1. The molecule has 112 valence electrons. The second-order valence-electron chi connectivity index (χ2n) is 5.81. The summed E-state index contributed by atoms with van der Waals surface area (Å²) in [5.41, 5.74) is 3.48. The number of nitrogens with zero attached hydrogens (tertiary/aromatic N) is 3. The molecule has 5 heteroatoms. The molecule has 0 saturated heterocycles. The first-order chi connectivity index (χ1) is 10.9. The molecule has 0 fully saturated rings. The van der Waals surface area contributed by atoms with Crippen molar-refractivity contribution in [2.45, 2.75) is 24.8 Å². The molecular weight excluding hydrogens is 276 g/mol. The third kappa shape index (κ3) is 2.54. The van der Waals surface area contributed by atoms with Crippen LogP contribution in [0.3, 0.4) is 0 Å². The summed E-state index contributed by atoms with van der Waals surface area (Å²) < 4.78 is 5.83. The van der Waals surface area contributed by atoms with E-state index in [1.54, 1.807) is 6.33 Å². The van der Waals surface area contributed by atoms with Crippen LogP contribution in [0.4, 0.5) is 0 Å². The zero-order chi connectivity index (χ0) is 14.8. The topological polar surface area (TPSA) is 59.4 Å². The van der Waals surface area contributed by atoms with Crippen molar-refractivity contribution in [1.82, 2.24) is 15.3 Å². The van der Waals surface area contributed by atoms with Gasteiger partial charge in [0.2, 0.25) is 0 Å². The molecule has 2 aliphatic heterocycles. The normalized spacial score (nSPS) is 22.7. The van der Waals surface area contributed by atoms with Gasteiger partial charge in [0.25, 0.3) is 0 Å². The molecule has 22 heavy (non-hydrogen) atoms. The van der Waals surface area contributed by atoms with E-state index in [9.17, 15) is 0 Å². The van der Waals surface area contributed by atoms with Crippen LogP contribution in [0.5, 0.6) is 5.75 Å². The Hall–Kier alpha value is -2.43. The first-order valence-corrected chi connectivity index (χ1v) is 7.66. The molecule has 0 spiro atoms. The van der Waals surface area contributed by atoms with Gasteiger partial charge in [0.05, 0.1) is 19.5 Å². The van der Waals surface area contributed by atoms with Crippen LogP contribution in [0.2, 0.25) is 0 Å². The number of aliphatic imine (C=N–C) groups is 1. The van der Waals surface area contributed by atoms with E-state index in [2.05, 4.69) is 38.5 Å². The highest BCUT2D eigenvalue weighted by Crippen LogP contribution is 2.39. The first-order valence-electron chi connectivity index (χ1n) is 7.66. The number of nitrogens with one attached hydrogen (secondary N) is 1. The Labute approximate surface area is 129 Å². The molecule has 3 heterocycles. The van der Waals surface area contributed by atoms with Gasteiger partial charge >= 0.3 is 0 Å². The highest BCUT2D eigenvalue weighted by molar-refractivity contribution is 5.64. The Kier molecular flexibility index (Phi) is 3.46. The van der Waals surface area contributed by atoms with Crippen molar-refractivity contribution in [3.8, 4) is 16.9 Å². The molecule has 4 rings (SSSR count). The van der Waals surface area contributed by atoms with Crippen molar-refractivity contribution in [1.29, 1.82) is 0 Å². The van der Waals surface area contributed by atoms with Gasteiger partial charge in [-0.1, -0.05) is 6.07 Å².